The summed E-state index contributed by atoms with van der Waals surface area (Å²) >= 11 is 0. The van der Waals surface area contributed by atoms with Crippen LogP contribution >= 0.6 is 0 Å². The fourth-order valence-electron chi connectivity index (χ4n) is 1.91. The van der Waals surface area contributed by atoms with Crippen LogP contribution in [0.2, 0.25) is 0 Å². The Balaban J connectivity index is 1.79. The summed E-state index contributed by atoms with van der Waals surface area (Å²) in [5, 5.41) is 0. The van der Waals surface area contributed by atoms with Crippen LogP contribution in [-0.2, 0) is 11.2 Å². The maximum atomic E-state index is 5.64. The molecule has 3 heteroatoms. The molecule has 2 rings (SSSR count). The van der Waals surface area contributed by atoms with E-state index in [1.54, 1.807) is 0 Å². The Morgan fingerprint density at radius 2 is 2.18 bits per heavy atom. The van der Waals surface area contributed by atoms with E-state index in [1.165, 1.54) is 11.1 Å². The summed E-state index contributed by atoms with van der Waals surface area (Å²) in [6.07, 6.45) is 2.97. The molecule has 0 spiro atoms. The van der Waals surface area contributed by atoms with Crippen molar-refractivity contribution in [1.82, 2.24) is 4.90 Å². The predicted octanol–water partition coefficient (Wildman–Crippen LogP) is 1.61. The molecule has 1 aliphatic rings. The lowest BCUT2D eigenvalue weighted by Crippen LogP contribution is -2.24. The van der Waals surface area contributed by atoms with Gasteiger partial charge in [0.1, 0.15) is 0 Å². The van der Waals surface area contributed by atoms with E-state index in [1.807, 2.05) is 6.21 Å². The van der Waals surface area contributed by atoms with Gasteiger partial charge < -0.3 is 9.64 Å². The molecule has 0 aliphatic carbocycles. The molecule has 1 aromatic rings. The molecule has 0 N–H and O–H groups in total. The molecule has 1 unspecified atom stereocenters. The number of ether oxygens (including phenoxy) is 1. The highest BCUT2D eigenvalue weighted by atomic mass is 16.5. The Morgan fingerprint density at radius 1 is 1.35 bits per heavy atom. The maximum absolute atomic E-state index is 5.64. The number of likely N-dealkylation sites (N-methyl/N-ethyl adjacent to an activating group) is 1. The second-order valence-corrected chi connectivity index (χ2v) is 4.71. The second kappa shape index (κ2) is 5.94. The van der Waals surface area contributed by atoms with Gasteiger partial charge >= 0.3 is 0 Å². The molecule has 0 saturated carbocycles. The van der Waals surface area contributed by atoms with E-state index >= 15 is 0 Å². The van der Waals surface area contributed by atoms with Crippen molar-refractivity contribution in [2.45, 2.75) is 12.5 Å². The van der Waals surface area contributed by atoms with Gasteiger partial charge in [-0.3, -0.25) is 4.99 Å². The summed E-state index contributed by atoms with van der Waals surface area (Å²) < 4.78 is 5.64. The first-order valence-electron chi connectivity index (χ1n) is 6.09. The summed E-state index contributed by atoms with van der Waals surface area (Å²) in [5.41, 5.74) is 2.63. The van der Waals surface area contributed by atoms with Gasteiger partial charge in [0.15, 0.2) is 0 Å². The molecule has 1 aromatic carbocycles. The average Bonchev–Trinajstić information content (AvgIpc) is 2.34. The standard InChI is InChI=1S/C14H20N2O/c1-16(2)7-8-17-11-14-9-12-5-3-4-6-13(12)10-15-14/h3-6,10,14H,7-9,11H2,1-2H3. The first-order chi connectivity index (χ1) is 8.25. The van der Waals surface area contributed by atoms with Crippen LogP contribution in [0.5, 0.6) is 0 Å². The molecule has 1 atom stereocenters. The number of hydrogen-bond donors (Lipinski definition) is 0. The zero-order valence-electron chi connectivity index (χ0n) is 10.6. The summed E-state index contributed by atoms with van der Waals surface area (Å²) in [7, 11) is 4.11. The normalized spacial score (nSPS) is 18.4. The Labute approximate surface area is 103 Å². The van der Waals surface area contributed by atoms with Crippen LogP contribution in [0.15, 0.2) is 29.3 Å². The number of fused-ring (bicyclic) bond motifs is 1. The lowest BCUT2D eigenvalue weighted by Gasteiger charge is -2.19. The third kappa shape index (κ3) is 3.65. The van der Waals surface area contributed by atoms with E-state index in [0.717, 1.165) is 26.2 Å². The number of aliphatic imine (C=N–C) groups is 1. The fraction of sp³-hybridized carbons (Fsp3) is 0.500. The van der Waals surface area contributed by atoms with E-state index in [4.69, 9.17) is 4.74 Å². The number of benzene rings is 1. The number of hydrogen-bond acceptors (Lipinski definition) is 3. The summed E-state index contributed by atoms with van der Waals surface area (Å²) in [6, 6.07) is 8.71. The SMILES string of the molecule is CN(C)CCOCC1Cc2ccccc2C=N1. The van der Waals surface area contributed by atoms with Crippen molar-refractivity contribution in [3.05, 3.63) is 35.4 Å². The van der Waals surface area contributed by atoms with E-state index < -0.39 is 0 Å². The van der Waals surface area contributed by atoms with Crippen molar-refractivity contribution < 1.29 is 4.74 Å². The summed E-state index contributed by atoms with van der Waals surface area (Å²) in [4.78, 5) is 6.65. The van der Waals surface area contributed by atoms with Crippen LogP contribution in [0.25, 0.3) is 0 Å². The lowest BCUT2D eigenvalue weighted by molar-refractivity contribution is 0.106. The van der Waals surface area contributed by atoms with Crippen LogP contribution in [-0.4, -0.2) is 51.0 Å². The van der Waals surface area contributed by atoms with Gasteiger partial charge in [0.2, 0.25) is 0 Å². The zero-order valence-corrected chi connectivity index (χ0v) is 10.6. The quantitative estimate of drug-likeness (QED) is 0.720. The molecular formula is C14H20N2O. The smallest absolute Gasteiger partial charge is 0.0773 e. The van der Waals surface area contributed by atoms with Gasteiger partial charge in [0, 0.05) is 12.8 Å². The van der Waals surface area contributed by atoms with Crippen LogP contribution in [0.1, 0.15) is 11.1 Å². The van der Waals surface area contributed by atoms with Crippen molar-refractivity contribution in [2.24, 2.45) is 4.99 Å². The van der Waals surface area contributed by atoms with E-state index in [-0.39, 0.29) is 6.04 Å². The predicted molar refractivity (Wildman–Crippen MR) is 70.9 cm³/mol. The average molecular weight is 232 g/mol. The van der Waals surface area contributed by atoms with Gasteiger partial charge in [-0.05, 0) is 31.6 Å². The molecule has 0 radical (unpaired) electrons. The third-order valence-electron chi connectivity index (χ3n) is 2.93. The summed E-state index contributed by atoms with van der Waals surface area (Å²) in [5.74, 6) is 0. The number of rotatable bonds is 5. The van der Waals surface area contributed by atoms with Crippen LogP contribution in [0.4, 0.5) is 0 Å². The molecule has 0 aromatic heterocycles. The largest absolute Gasteiger partial charge is 0.378 e. The highest BCUT2D eigenvalue weighted by molar-refractivity contribution is 5.83. The molecule has 0 fully saturated rings. The van der Waals surface area contributed by atoms with Gasteiger partial charge in [0.05, 0.1) is 19.3 Å². The van der Waals surface area contributed by atoms with Crippen molar-refractivity contribution in [3.63, 3.8) is 0 Å². The Morgan fingerprint density at radius 3 is 3.00 bits per heavy atom. The molecule has 3 nitrogen and oxygen atoms in total. The molecule has 0 saturated heterocycles. The van der Waals surface area contributed by atoms with Crippen LogP contribution in [0.3, 0.4) is 0 Å². The minimum atomic E-state index is 0.284. The van der Waals surface area contributed by atoms with Crippen LogP contribution in [0, 0.1) is 0 Å². The third-order valence-corrected chi connectivity index (χ3v) is 2.93. The Hall–Kier alpha value is -1.19. The van der Waals surface area contributed by atoms with Crippen molar-refractivity contribution in [1.29, 1.82) is 0 Å². The highest BCUT2D eigenvalue weighted by Crippen LogP contribution is 2.15. The molecule has 92 valence electrons. The molecule has 17 heavy (non-hydrogen) atoms. The van der Waals surface area contributed by atoms with Gasteiger partial charge in [0.25, 0.3) is 0 Å². The van der Waals surface area contributed by atoms with Gasteiger partial charge in [-0.15, -0.1) is 0 Å². The molecule has 0 bridgehead atoms. The monoisotopic (exact) mass is 232 g/mol. The second-order valence-electron chi connectivity index (χ2n) is 4.71. The van der Waals surface area contributed by atoms with E-state index in [9.17, 15) is 0 Å². The first kappa shape index (κ1) is 12.3. The van der Waals surface area contributed by atoms with Gasteiger partial charge in [-0.2, -0.15) is 0 Å². The van der Waals surface area contributed by atoms with Gasteiger partial charge in [-0.1, -0.05) is 24.3 Å². The van der Waals surface area contributed by atoms with Crippen molar-refractivity contribution >= 4 is 6.21 Å². The maximum Gasteiger partial charge on any atom is 0.0773 e. The minimum absolute atomic E-state index is 0.284. The Kier molecular flexibility index (Phi) is 4.29. The highest BCUT2D eigenvalue weighted by Gasteiger charge is 2.14. The summed E-state index contributed by atoms with van der Waals surface area (Å²) in [6.45, 7) is 2.46. The van der Waals surface area contributed by atoms with Crippen molar-refractivity contribution in [3.8, 4) is 0 Å². The van der Waals surface area contributed by atoms with Crippen molar-refractivity contribution in [2.75, 3.05) is 33.9 Å². The van der Waals surface area contributed by atoms with E-state index in [2.05, 4.69) is 48.3 Å². The lowest BCUT2D eigenvalue weighted by atomic mass is 9.99. The number of nitrogens with zero attached hydrogens (tertiary/aromatic N) is 2. The fourth-order valence-corrected chi connectivity index (χ4v) is 1.91. The molecule has 1 heterocycles. The minimum Gasteiger partial charge on any atom is -0.378 e. The topological polar surface area (TPSA) is 24.8 Å². The molecule has 1 aliphatic heterocycles. The molecular weight excluding hydrogens is 212 g/mol. The zero-order chi connectivity index (χ0) is 12.1. The van der Waals surface area contributed by atoms with E-state index in [0.29, 0.717) is 0 Å². The molecule has 0 amide bonds. The van der Waals surface area contributed by atoms with Gasteiger partial charge in [-0.25, -0.2) is 0 Å². The van der Waals surface area contributed by atoms with Crippen LogP contribution < -0.4 is 0 Å². The Bertz CT molecular complexity index is 388. The first-order valence-corrected chi connectivity index (χ1v) is 6.09.